The molecule has 3 heteroatoms. The summed E-state index contributed by atoms with van der Waals surface area (Å²) in [5.74, 6) is 0.452. The number of carbonyl (C=O) groups is 1. The van der Waals surface area contributed by atoms with Gasteiger partial charge in [0.1, 0.15) is 0 Å². The molecule has 1 aromatic rings. The summed E-state index contributed by atoms with van der Waals surface area (Å²) >= 11 is 0. The molecule has 0 saturated carbocycles. The van der Waals surface area contributed by atoms with E-state index in [0.717, 1.165) is 24.1 Å². The second kappa shape index (κ2) is 5.11. The van der Waals surface area contributed by atoms with E-state index >= 15 is 0 Å². The first-order valence-electron chi connectivity index (χ1n) is 6.76. The second-order valence-electron chi connectivity index (χ2n) is 5.02. The van der Waals surface area contributed by atoms with Crippen molar-refractivity contribution in [3.05, 3.63) is 29.8 Å². The van der Waals surface area contributed by atoms with Gasteiger partial charge < -0.3 is 10.6 Å². The van der Waals surface area contributed by atoms with Crippen LogP contribution in [0.4, 0.5) is 5.69 Å². The summed E-state index contributed by atoms with van der Waals surface area (Å²) in [5.41, 5.74) is 8.49. The van der Waals surface area contributed by atoms with Gasteiger partial charge in [-0.05, 0) is 30.4 Å². The number of para-hydroxylation sites is 1. The number of rotatable bonds is 2. The van der Waals surface area contributed by atoms with E-state index in [0.29, 0.717) is 5.92 Å². The lowest BCUT2D eigenvalue weighted by atomic mass is 9.79. The van der Waals surface area contributed by atoms with E-state index in [9.17, 15) is 4.79 Å². The molecule has 3 atom stereocenters. The second-order valence-corrected chi connectivity index (χ2v) is 5.02. The molecule has 1 heterocycles. The van der Waals surface area contributed by atoms with E-state index in [4.69, 9.17) is 5.73 Å². The average molecular weight is 246 g/mol. The van der Waals surface area contributed by atoms with Gasteiger partial charge in [0, 0.05) is 24.7 Å². The fraction of sp³-hybridized carbons (Fsp3) is 0.533. The van der Waals surface area contributed by atoms with Gasteiger partial charge in [-0.1, -0.05) is 32.0 Å². The summed E-state index contributed by atoms with van der Waals surface area (Å²) in [6, 6.07) is 8.27. The van der Waals surface area contributed by atoms with Crippen LogP contribution in [0.15, 0.2) is 24.3 Å². The number of nitrogens with two attached hydrogens (primary N) is 1. The molecule has 1 aliphatic heterocycles. The van der Waals surface area contributed by atoms with Crippen molar-refractivity contribution >= 4 is 11.6 Å². The summed E-state index contributed by atoms with van der Waals surface area (Å²) in [7, 11) is 0. The number of hydrogen-bond donors (Lipinski definition) is 1. The molecule has 0 fully saturated rings. The fourth-order valence-electron chi connectivity index (χ4n) is 3.24. The number of hydrogen-bond acceptors (Lipinski definition) is 2. The number of fused-ring (bicyclic) bond motifs is 1. The third-order valence-electron chi connectivity index (χ3n) is 4.07. The van der Waals surface area contributed by atoms with Crippen molar-refractivity contribution in [3.63, 3.8) is 0 Å². The van der Waals surface area contributed by atoms with E-state index < -0.39 is 0 Å². The van der Waals surface area contributed by atoms with Crippen LogP contribution in [0, 0.1) is 5.92 Å². The molecule has 0 bridgehead atoms. The third-order valence-corrected chi connectivity index (χ3v) is 4.07. The Morgan fingerprint density at radius 2 is 1.94 bits per heavy atom. The van der Waals surface area contributed by atoms with Crippen LogP contribution in [-0.2, 0) is 4.79 Å². The summed E-state index contributed by atoms with van der Waals surface area (Å²) < 4.78 is 0. The SMILES string of the molecule is CCC1[C@H](CC)[C@@H](N)c2ccccc2N1C(C)=O. The van der Waals surface area contributed by atoms with Crippen LogP contribution in [-0.4, -0.2) is 11.9 Å². The van der Waals surface area contributed by atoms with Crippen LogP contribution >= 0.6 is 0 Å². The molecule has 2 N–H and O–H groups in total. The highest BCUT2D eigenvalue weighted by molar-refractivity contribution is 5.93. The van der Waals surface area contributed by atoms with Gasteiger partial charge >= 0.3 is 0 Å². The molecule has 1 amide bonds. The van der Waals surface area contributed by atoms with Crippen molar-refractivity contribution in [1.82, 2.24) is 0 Å². The Morgan fingerprint density at radius 3 is 2.50 bits per heavy atom. The minimum absolute atomic E-state index is 0.0340. The van der Waals surface area contributed by atoms with Gasteiger partial charge in [0.25, 0.3) is 0 Å². The molecule has 18 heavy (non-hydrogen) atoms. The van der Waals surface area contributed by atoms with Crippen LogP contribution in [0.3, 0.4) is 0 Å². The van der Waals surface area contributed by atoms with Crippen LogP contribution in [0.5, 0.6) is 0 Å². The van der Waals surface area contributed by atoms with Crippen molar-refractivity contribution < 1.29 is 4.79 Å². The first-order valence-corrected chi connectivity index (χ1v) is 6.76. The molecule has 0 aromatic heterocycles. The molecule has 98 valence electrons. The van der Waals surface area contributed by atoms with Crippen LogP contribution in [0.1, 0.15) is 45.2 Å². The molecule has 1 unspecified atom stereocenters. The van der Waals surface area contributed by atoms with E-state index in [1.54, 1.807) is 6.92 Å². The summed E-state index contributed by atoms with van der Waals surface area (Å²) in [6.45, 7) is 5.92. The Bertz CT molecular complexity index is 444. The van der Waals surface area contributed by atoms with Gasteiger partial charge in [0.05, 0.1) is 0 Å². The number of carbonyl (C=O) groups excluding carboxylic acids is 1. The zero-order valence-corrected chi connectivity index (χ0v) is 11.4. The maximum atomic E-state index is 12.0. The van der Waals surface area contributed by atoms with Gasteiger partial charge in [-0.2, -0.15) is 0 Å². The summed E-state index contributed by atoms with van der Waals surface area (Å²) in [6.07, 6.45) is 1.94. The van der Waals surface area contributed by atoms with Gasteiger partial charge in [-0.3, -0.25) is 4.79 Å². The highest BCUT2D eigenvalue weighted by Gasteiger charge is 2.38. The lowest BCUT2D eigenvalue weighted by molar-refractivity contribution is -0.117. The molecule has 0 aliphatic carbocycles. The summed E-state index contributed by atoms with van der Waals surface area (Å²) in [5, 5.41) is 0. The monoisotopic (exact) mass is 246 g/mol. The number of nitrogens with zero attached hydrogens (tertiary/aromatic N) is 1. The van der Waals surface area contributed by atoms with Gasteiger partial charge in [-0.25, -0.2) is 0 Å². The highest BCUT2D eigenvalue weighted by atomic mass is 16.2. The average Bonchev–Trinajstić information content (AvgIpc) is 2.38. The predicted molar refractivity (Wildman–Crippen MR) is 74.4 cm³/mol. The van der Waals surface area contributed by atoms with Crippen molar-refractivity contribution in [2.45, 2.75) is 45.7 Å². The molecular weight excluding hydrogens is 224 g/mol. The third kappa shape index (κ3) is 1.93. The van der Waals surface area contributed by atoms with Crippen molar-refractivity contribution in [3.8, 4) is 0 Å². The number of amides is 1. The normalized spacial score (nSPS) is 26.9. The smallest absolute Gasteiger partial charge is 0.224 e. The molecule has 3 nitrogen and oxygen atoms in total. The van der Waals surface area contributed by atoms with Gasteiger partial charge in [0.15, 0.2) is 0 Å². The van der Waals surface area contributed by atoms with Crippen LogP contribution in [0.25, 0.3) is 0 Å². The quantitative estimate of drug-likeness (QED) is 0.872. The van der Waals surface area contributed by atoms with Crippen molar-refractivity contribution in [2.24, 2.45) is 11.7 Å². The highest BCUT2D eigenvalue weighted by Crippen LogP contribution is 2.41. The Labute approximate surface area is 109 Å². The van der Waals surface area contributed by atoms with Crippen LogP contribution < -0.4 is 10.6 Å². The lowest BCUT2D eigenvalue weighted by Gasteiger charge is -2.44. The maximum Gasteiger partial charge on any atom is 0.224 e. The van der Waals surface area contributed by atoms with Crippen molar-refractivity contribution in [2.75, 3.05) is 4.90 Å². The van der Waals surface area contributed by atoms with E-state index in [-0.39, 0.29) is 18.0 Å². The molecule has 0 saturated heterocycles. The minimum atomic E-state index is 0.0340. The number of benzene rings is 1. The standard InChI is InChI=1S/C15H22N2O/c1-4-11-13(5-2)17(10(3)18)14-9-7-6-8-12(14)15(11)16/h6-9,11,13,15H,4-5,16H2,1-3H3/t11-,13?,15+/m0/s1. The first kappa shape index (κ1) is 13.1. The minimum Gasteiger partial charge on any atom is -0.324 e. The first-order chi connectivity index (χ1) is 8.61. The topological polar surface area (TPSA) is 46.3 Å². The Hall–Kier alpha value is -1.35. The molecule has 1 aromatic carbocycles. The molecule has 0 radical (unpaired) electrons. The number of anilines is 1. The summed E-state index contributed by atoms with van der Waals surface area (Å²) in [4.78, 5) is 13.9. The molecule has 2 rings (SSSR count). The fourth-order valence-corrected chi connectivity index (χ4v) is 3.24. The Balaban J connectivity index is 2.56. The zero-order chi connectivity index (χ0) is 13.3. The Kier molecular flexibility index (Phi) is 3.71. The maximum absolute atomic E-state index is 12.0. The van der Waals surface area contributed by atoms with E-state index in [1.165, 1.54) is 0 Å². The Morgan fingerprint density at radius 1 is 1.28 bits per heavy atom. The van der Waals surface area contributed by atoms with Gasteiger partial charge in [-0.15, -0.1) is 0 Å². The largest absolute Gasteiger partial charge is 0.324 e. The van der Waals surface area contributed by atoms with E-state index in [2.05, 4.69) is 13.8 Å². The molecule has 0 spiro atoms. The van der Waals surface area contributed by atoms with E-state index in [1.807, 2.05) is 29.2 Å². The van der Waals surface area contributed by atoms with Crippen molar-refractivity contribution in [1.29, 1.82) is 0 Å². The molecule has 1 aliphatic rings. The van der Waals surface area contributed by atoms with Gasteiger partial charge in [0.2, 0.25) is 5.91 Å². The molecular formula is C15H22N2O. The van der Waals surface area contributed by atoms with Crippen LogP contribution in [0.2, 0.25) is 0 Å². The predicted octanol–water partition coefficient (Wildman–Crippen LogP) is 2.86. The lowest BCUT2D eigenvalue weighted by Crippen LogP contribution is -2.50. The zero-order valence-electron chi connectivity index (χ0n) is 11.4.